The minimum absolute atomic E-state index is 0.508. The van der Waals surface area contributed by atoms with Crippen molar-refractivity contribution < 1.29 is 33.1 Å². The van der Waals surface area contributed by atoms with E-state index in [0.29, 0.717) is 12.3 Å². The van der Waals surface area contributed by atoms with Crippen molar-refractivity contribution in [3.05, 3.63) is 27.9 Å². The molecule has 1 aromatic heterocycles. The molecule has 0 amide bonds. The maximum atomic E-state index is 12.1. The molecular formula is C9H8F3N3O5. The lowest BCUT2D eigenvalue weighted by molar-refractivity contribution is -0.385. The lowest BCUT2D eigenvalue weighted by Crippen LogP contribution is -2.35. The SMILES string of the molecule is O=C(O)c1cc([N+](=O)[O-])cnc1NCC(O)C(F)(F)F. The molecule has 0 aliphatic carbocycles. The number of hydrogen-bond donors (Lipinski definition) is 3. The van der Waals surface area contributed by atoms with Gasteiger partial charge in [0.25, 0.3) is 5.69 Å². The van der Waals surface area contributed by atoms with Crippen LogP contribution in [0.5, 0.6) is 0 Å². The Morgan fingerprint density at radius 1 is 1.55 bits per heavy atom. The van der Waals surface area contributed by atoms with Crippen LogP contribution in [-0.2, 0) is 0 Å². The summed E-state index contributed by atoms with van der Waals surface area (Å²) in [5.74, 6) is -2.11. The number of nitro groups is 1. The van der Waals surface area contributed by atoms with E-state index in [1.807, 2.05) is 5.32 Å². The van der Waals surface area contributed by atoms with Crippen molar-refractivity contribution in [1.82, 2.24) is 4.98 Å². The number of aliphatic hydroxyl groups excluding tert-OH is 1. The Hall–Kier alpha value is -2.43. The molecule has 0 aliphatic heterocycles. The zero-order valence-corrected chi connectivity index (χ0v) is 9.59. The van der Waals surface area contributed by atoms with Gasteiger partial charge in [0, 0.05) is 6.07 Å². The lowest BCUT2D eigenvalue weighted by Gasteiger charge is -2.16. The molecule has 3 N–H and O–H groups in total. The highest BCUT2D eigenvalue weighted by atomic mass is 19.4. The van der Waals surface area contributed by atoms with E-state index in [0.717, 1.165) is 0 Å². The van der Waals surface area contributed by atoms with Gasteiger partial charge in [-0.25, -0.2) is 9.78 Å². The van der Waals surface area contributed by atoms with Crippen molar-refractivity contribution in [2.45, 2.75) is 12.3 Å². The summed E-state index contributed by atoms with van der Waals surface area (Å²) in [4.78, 5) is 23.8. The standard InChI is InChI=1S/C9H8F3N3O5/c10-9(11,12)6(16)3-14-7-5(8(17)18)1-4(2-13-7)15(19)20/h1-2,6,16H,3H2,(H,13,14)(H,17,18). The van der Waals surface area contributed by atoms with Crippen molar-refractivity contribution in [1.29, 1.82) is 0 Å². The average molecular weight is 295 g/mol. The molecule has 0 saturated heterocycles. The van der Waals surface area contributed by atoms with Gasteiger partial charge in [0.15, 0.2) is 6.10 Å². The molecule has 0 aromatic carbocycles. The average Bonchev–Trinajstić information content (AvgIpc) is 2.34. The number of carbonyl (C=O) groups is 1. The van der Waals surface area contributed by atoms with Crippen LogP contribution in [0.25, 0.3) is 0 Å². The van der Waals surface area contributed by atoms with Crippen molar-refractivity contribution in [3.8, 4) is 0 Å². The molecule has 110 valence electrons. The molecule has 8 nitrogen and oxygen atoms in total. The molecule has 1 heterocycles. The maximum Gasteiger partial charge on any atom is 0.416 e. The number of aromatic nitrogens is 1. The molecule has 0 bridgehead atoms. The number of halogens is 3. The minimum Gasteiger partial charge on any atom is -0.478 e. The topological polar surface area (TPSA) is 126 Å². The van der Waals surface area contributed by atoms with Crippen LogP contribution >= 0.6 is 0 Å². The third-order valence-electron chi connectivity index (χ3n) is 2.16. The van der Waals surface area contributed by atoms with Crippen molar-refractivity contribution >= 4 is 17.5 Å². The summed E-state index contributed by atoms with van der Waals surface area (Å²) in [5.41, 5.74) is -1.29. The van der Waals surface area contributed by atoms with Gasteiger partial charge in [-0.15, -0.1) is 0 Å². The summed E-state index contributed by atoms with van der Waals surface area (Å²) >= 11 is 0. The number of anilines is 1. The van der Waals surface area contributed by atoms with Gasteiger partial charge in [-0.05, 0) is 0 Å². The molecule has 20 heavy (non-hydrogen) atoms. The van der Waals surface area contributed by atoms with E-state index < -0.39 is 46.8 Å². The molecule has 1 unspecified atom stereocenters. The second-order valence-electron chi connectivity index (χ2n) is 3.59. The van der Waals surface area contributed by atoms with Crippen molar-refractivity contribution in [3.63, 3.8) is 0 Å². The fourth-order valence-corrected chi connectivity index (χ4v) is 1.17. The molecule has 1 atom stereocenters. The van der Waals surface area contributed by atoms with E-state index in [-0.39, 0.29) is 0 Å². The van der Waals surface area contributed by atoms with Gasteiger partial charge >= 0.3 is 12.1 Å². The number of rotatable bonds is 5. The second kappa shape index (κ2) is 5.69. The van der Waals surface area contributed by atoms with E-state index in [9.17, 15) is 28.1 Å². The van der Waals surface area contributed by atoms with E-state index in [1.54, 1.807) is 0 Å². The Kier molecular flexibility index (Phi) is 4.45. The summed E-state index contributed by atoms with van der Waals surface area (Å²) in [5, 5.41) is 30.0. The van der Waals surface area contributed by atoms with Crippen LogP contribution in [0.15, 0.2) is 12.3 Å². The summed E-state index contributed by atoms with van der Waals surface area (Å²) in [6.07, 6.45) is -6.91. The van der Waals surface area contributed by atoms with Gasteiger partial charge in [0.05, 0.1) is 11.5 Å². The van der Waals surface area contributed by atoms with Crippen LogP contribution in [0.3, 0.4) is 0 Å². The first-order valence-corrected chi connectivity index (χ1v) is 4.99. The second-order valence-corrected chi connectivity index (χ2v) is 3.59. The molecule has 0 spiro atoms. The number of aliphatic hydroxyl groups is 1. The largest absolute Gasteiger partial charge is 0.478 e. The third-order valence-corrected chi connectivity index (χ3v) is 2.16. The summed E-state index contributed by atoms with van der Waals surface area (Å²) in [6, 6.07) is 0.650. The van der Waals surface area contributed by atoms with Crippen LogP contribution in [0.4, 0.5) is 24.7 Å². The predicted molar refractivity (Wildman–Crippen MR) is 58.4 cm³/mol. The fraction of sp³-hybridized carbons (Fsp3) is 0.333. The molecule has 0 radical (unpaired) electrons. The van der Waals surface area contributed by atoms with Crippen LogP contribution in [0.1, 0.15) is 10.4 Å². The number of nitrogens with one attached hydrogen (secondary N) is 1. The third kappa shape index (κ3) is 3.78. The minimum atomic E-state index is -4.88. The summed E-state index contributed by atoms with van der Waals surface area (Å²) in [7, 11) is 0. The zero-order chi connectivity index (χ0) is 15.5. The van der Waals surface area contributed by atoms with E-state index >= 15 is 0 Å². The number of carboxylic acids is 1. The molecule has 1 aromatic rings. The first-order valence-electron chi connectivity index (χ1n) is 4.99. The summed E-state index contributed by atoms with van der Waals surface area (Å²) in [6.45, 7) is -1.03. The van der Waals surface area contributed by atoms with Gasteiger partial charge in [-0.3, -0.25) is 10.1 Å². The fourth-order valence-electron chi connectivity index (χ4n) is 1.17. The molecule has 0 saturated carbocycles. The summed E-state index contributed by atoms with van der Waals surface area (Å²) < 4.78 is 36.2. The first kappa shape index (κ1) is 15.6. The Morgan fingerprint density at radius 3 is 2.60 bits per heavy atom. The smallest absolute Gasteiger partial charge is 0.416 e. The van der Waals surface area contributed by atoms with E-state index in [2.05, 4.69) is 4.98 Å². The van der Waals surface area contributed by atoms with Crippen molar-refractivity contribution in [2.24, 2.45) is 0 Å². The number of pyridine rings is 1. The zero-order valence-electron chi connectivity index (χ0n) is 9.59. The molecule has 1 rings (SSSR count). The normalized spacial score (nSPS) is 12.8. The number of alkyl halides is 3. The number of carboxylic acid groups (broad SMARTS) is 1. The quantitative estimate of drug-likeness (QED) is 0.547. The van der Waals surface area contributed by atoms with Crippen LogP contribution in [0.2, 0.25) is 0 Å². The lowest BCUT2D eigenvalue weighted by atomic mass is 10.2. The highest BCUT2D eigenvalue weighted by Crippen LogP contribution is 2.22. The van der Waals surface area contributed by atoms with Crippen LogP contribution in [0, 0.1) is 10.1 Å². The van der Waals surface area contributed by atoms with E-state index in [4.69, 9.17) is 10.2 Å². The Morgan fingerprint density at radius 2 is 2.15 bits per heavy atom. The van der Waals surface area contributed by atoms with Gasteiger partial charge in [-0.1, -0.05) is 0 Å². The van der Waals surface area contributed by atoms with Crippen LogP contribution < -0.4 is 5.32 Å². The van der Waals surface area contributed by atoms with Crippen LogP contribution in [-0.4, -0.2) is 44.9 Å². The Labute approximate surface area is 109 Å². The van der Waals surface area contributed by atoms with Crippen molar-refractivity contribution in [2.75, 3.05) is 11.9 Å². The van der Waals surface area contributed by atoms with Gasteiger partial charge < -0.3 is 15.5 Å². The van der Waals surface area contributed by atoms with E-state index in [1.165, 1.54) is 0 Å². The Bertz CT molecular complexity index is 534. The van der Waals surface area contributed by atoms with Gasteiger partial charge in [0.1, 0.15) is 17.6 Å². The van der Waals surface area contributed by atoms with Gasteiger partial charge in [-0.2, -0.15) is 13.2 Å². The molecule has 11 heteroatoms. The number of hydrogen-bond acceptors (Lipinski definition) is 6. The monoisotopic (exact) mass is 295 g/mol. The predicted octanol–water partition coefficient (Wildman–Crippen LogP) is 1.02. The molecular weight excluding hydrogens is 287 g/mol. The number of nitrogens with zero attached hydrogens (tertiary/aromatic N) is 2. The molecule has 0 aliphatic rings. The highest BCUT2D eigenvalue weighted by molar-refractivity contribution is 5.93. The maximum absolute atomic E-state index is 12.1. The molecule has 0 fully saturated rings. The Balaban J connectivity index is 2.95. The highest BCUT2D eigenvalue weighted by Gasteiger charge is 2.38. The first-order chi connectivity index (χ1) is 9.12. The number of aromatic carboxylic acids is 1. The van der Waals surface area contributed by atoms with Gasteiger partial charge in [0.2, 0.25) is 0 Å².